The molecule has 1 N–H and O–H groups in total. The van der Waals surface area contributed by atoms with E-state index in [9.17, 15) is 0 Å². The number of ether oxygens (including phenoxy) is 1. The first kappa shape index (κ1) is 13.7. The van der Waals surface area contributed by atoms with Crippen molar-refractivity contribution in [1.82, 2.24) is 15.1 Å². The monoisotopic (exact) mass is 285 g/mol. The van der Waals surface area contributed by atoms with Gasteiger partial charge in [0.25, 0.3) is 0 Å². The van der Waals surface area contributed by atoms with Crippen molar-refractivity contribution >= 4 is 11.0 Å². The molecule has 0 saturated heterocycles. The van der Waals surface area contributed by atoms with Crippen molar-refractivity contribution < 1.29 is 9.15 Å². The molecule has 0 radical (unpaired) electrons. The van der Waals surface area contributed by atoms with E-state index in [1.54, 1.807) is 13.3 Å². The first-order valence-corrected chi connectivity index (χ1v) is 7.02. The molecule has 0 bridgehead atoms. The molecule has 3 rings (SSSR count). The van der Waals surface area contributed by atoms with Gasteiger partial charge in [0.05, 0.1) is 20.2 Å². The van der Waals surface area contributed by atoms with Crippen molar-refractivity contribution in [2.75, 3.05) is 7.11 Å². The van der Waals surface area contributed by atoms with E-state index in [0.29, 0.717) is 12.6 Å². The summed E-state index contributed by atoms with van der Waals surface area (Å²) in [5.41, 5.74) is 0.802. The molecule has 2 heterocycles. The molecule has 3 aromatic rings. The van der Waals surface area contributed by atoms with E-state index in [2.05, 4.69) is 17.3 Å². The third-order valence-electron chi connectivity index (χ3n) is 3.42. The Kier molecular flexibility index (Phi) is 3.92. The quantitative estimate of drug-likeness (QED) is 0.756. The van der Waals surface area contributed by atoms with Crippen LogP contribution in [0.25, 0.3) is 11.0 Å². The second-order valence-electron chi connectivity index (χ2n) is 5.10. The lowest BCUT2D eigenvalue weighted by Gasteiger charge is -2.12. The molecule has 0 saturated carbocycles. The Morgan fingerprint density at radius 3 is 3.05 bits per heavy atom. The Balaban J connectivity index is 1.65. The maximum absolute atomic E-state index is 5.87. The smallest absolute Gasteiger partial charge is 0.176 e. The minimum atomic E-state index is 0.306. The summed E-state index contributed by atoms with van der Waals surface area (Å²) < 4.78 is 13.1. The van der Waals surface area contributed by atoms with Gasteiger partial charge in [-0.05, 0) is 25.1 Å². The third kappa shape index (κ3) is 3.08. The number of aromatic nitrogens is 2. The molecule has 0 spiro atoms. The molecule has 1 aromatic carbocycles. The van der Waals surface area contributed by atoms with Gasteiger partial charge in [0, 0.05) is 23.8 Å². The summed E-state index contributed by atoms with van der Waals surface area (Å²) in [6.07, 6.45) is 3.75. The summed E-state index contributed by atoms with van der Waals surface area (Å²) in [6, 6.07) is 10.2. The Morgan fingerprint density at radius 2 is 2.29 bits per heavy atom. The summed E-state index contributed by atoms with van der Waals surface area (Å²) in [5, 5.41) is 8.71. The average Bonchev–Trinajstić information content (AvgIpc) is 3.13. The van der Waals surface area contributed by atoms with Crippen LogP contribution in [0.5, 0.6) is 5.75 Å². The fourth-order valence-electron chi connectivity index (χ4n) is 2.37. The number of nitrogens with zero attached hydrogens (tertiary/aromatic N) is 2. The molecule has 0 aliphatic heterocycles. The fourth-order valence-corrected chi connectivity index (χ4v) is 2.37. The number of furan rings is 1. The Morgan fingerprint density at radius 1 is 1.38 bits per heavy atom. The predicted octanol–water partition coefficient (Wildman–Crippen LogP) is 2.82. The Bertz CT molecular complexity index is 703. The van der Waals surface area contributed by atoms with Crippen molar-refractivity contribution in [3.05, 3.63) is 48.5 Å². The highest BCUT2D eigenvalue weighted by molar-refractivity contribution is 5.83. The van der Waals surface area contributed by atoms with Gasteiger partial charge < -0.3 is 14.5 Å². The largest absolute Gasteiger partial charge is 0.493 e. The summed E-state index contributed by atoms with van der Waals surface area (Å²) in [6.45, 7) is 3.64. The molecule has 0 amide bonds. The van der Waals surface area contributed by atoms with E-state index in [0.717, 1.165) is 29.0 Å². The third-order valence-corrected chi connectivity index (χ3v) is 3.42. The highest BCUT2D eigenvalue weighted by Gasteiger charge is 2.09. The molecule has 0 aliphatic rings. The summed E-state index contributed by atoms with van der Waals surface area (Å²) in [4.78, 5) is 0. The van der Waals surface area contributed by atoms with Gasteiger partial charge in [-0.15, -0.1) is 0 Å². The van der Waals surface area contributed by atoms with Crippen molar-refractivity contribution in [1.29, 1.82) is 0 Å². The van der Waals surface area contributed by atoms with Crippen LogP contribution in [0.2, 0.25) is 0 Å². The number of para-hydroxylation sites is 1. The molecule has 110 valence electrons. The lowest BCUT2D eigenvalue weighted by molar-refractivity contribution is 0.399. The minimum Gasteiger partial charge on any atom is -0.493 e. The van der Waals surface area contributed by atoms with Crippen LogP contribution in [0.15, 0.2) is 47.1 Å². The van der Waals surface area contributed by atoms with Crippen LogP contribution in [0, 0.1) is 0 Å². The van der Waals surface area contributed by atoms with Crippen molar-refractivity contribution in [3.63, 3.8) is 0 Å². The van der Waals surface area contributed by atoms with Crippen LogP contribution in [-0.2, 0) is 13.1 Å². The average molecular weight is 285 g/mol. The molecular formula is C16H19N3O2. The molecule has 5 heteroatoms. The molecule has 1 atom stereocenters. The number of nitrogens with one attached hydrogen (secondary N) is 1. The molecule has 21 heavy (non-hydrogen) atoms. The van der Waals surface area contributed by atoms with Gasteiger partial charge in [-0.25, -0.2) is 0 Å². The lowest BCUT2D eigenvalue weighted by Crippen LogP contribution is -2.29. The van der Waals surface area contributed by atoms with Crippen LogP contribution < -0.4 is 10.1 Å². The molecule has 0 aliphatic carbocycles. The maximum Gasteiger partial charge on any atom is 0.176 e. The molecule has 0 unspecified atom stereocenters. The molecular weight excluding hydrogens is 266 g/mol. The Hall–Kier alpha value is -2.27. The van der Waals surface area contributed by atoms with E-state index >= 15 is 0 Å². The SMILES string of the molecule is COc1cccc2cc(CN[C@H](C)Cn3cccn3)oc12. The van der Waals surface area contributed by atoms with Crippen LogP contribution in [0.1, 0.15) is 12.7 Å². The molecule has 0 fully saturated rings. The maximum atomic E-state index is 5.87. The van der Waals surface area contributed by atoms with E-state index in [1.165, 1.54) is 0 Å². The van der Waals surface area contributed by atoms with Crippen LogP contribution >= 0.6 is 0 Å². The van der Waals surface area contributed by atoms with Gasteiger partial charge in [0.1, 0.15) is 5.76 Å². The Labute approximate surface area is 123 Å². The summed E-state index contributed by atoms with van der Waals surface area (Å²) in [5.74, 6) is 1.67. The van der Waals surface area contributed by atoms with E-state index < -0.39 is 0 Å². The topological polar surface area (TPSA) is 52.2 Å². The number of rotatable bonds is 6. The van der Waals surface area contributed by atoms with Gasteiger partial charge in [0.15, 0.2) is 11.3 Å². The zero-order valence-corrected chi connectivity index (χ0v) is 12.2. The zero-order valence-electron chi connectivity index (χ0n) is 12.2. The first-order chi connectivity index (χ1) is 10.3. The zero-order chi connectivity index (χ0) is 14.7. The summed E-state index contributed by atoms with van der Waals surface area (Å²) >= 11 is 0. The van der Waals surface area contributed by atoms with Crippen molar-refractivity contribution in [3.8, 4) is 5.75 Å². The van der Waals surface area contributed by atoms with E-state index in [-0.39, 0.29) is 0 Å². The number of fused-ring (bicyclic) bond motifs is 1. The number of hydrogen-bond acceptors (Lipinski definition) is 4. The molecule has 2 aromatic heterocycles. The fraction of sp³-hybridized carbons (Fsp3) is 0.312. The second-order valence-corrected chi connectivity index (χ2v) is 5.10. The first-order valence-electron chi connectivity index (χ1n) is 7.02. The van der Waals surface area contributed by atoms with Gasteiger partial charge in [0.2, 0.25) is 0 Å². The highest BCUT2D eigenvalue weighted by Crippen LogP contribution is 2.28. The van der Waals surface area contributed by atoms with Crippen LogP contribution in [-0.4, -0.2) is 22.9 Å². The normalized spacial score (nSPS) is 12.7. The van der Waals surface area contributed by atoms with Crippen molar-refractivity contribution in [2.45, 2.75) is 26.1 Å². The highest BCUT2D eigenvalue weighted by atomic mass is 16.5. The minimum absolute atomic E-state index is 0.306. The summed E-state index contributed by atoms with van der Waals surface area (Å²) in [7, 11) is 1.65. The second kappa shape index (κ2) is 6.01. The van der Waals surface area contributed by atoms with Gasteiger partial charge in [-0.2, -0.15) is 5.10 Å². The molecule has 5 nitrogen and oxygen atoms in total. The van der Waals surface area contributed by atoms with Crippen LogP contribution in [0.4, 0.5) is 0 Å². The predicted molar refractivity (Wildman–Crippen MR) is 81.3 cm³/mol. The van der Waals surface area contributed by atoms with Gasteiger partial charge >= 0.3 is 0 Å². The van der Waals surface area contributed by atoms with Gasteiger partial charge in [-0.3, -0.25) is 4.68 Å². The number of hydrogen-bond donors (Lipinski definition) is 1. The van der Waals surface area contributed by atoms with E-state index in [1.807, 2.05) is 41.2 Å². The van der Waals surface area contributed by atoms with Gasteiger partial charge in [-0.1, -0.05) is 12.1 Å². The number of benzene rings is 1. The lowest BCUT2D eigenvalue weighted by atomic mass is 10.2. The van der Waals surface area contributed by atoms with Crippen molar-refractivity contribution in [2.24, 2.45) is 0 Å². The standard InChI is InChI=1S/C16H19N3O2/c1-12(11-19-8-4-7-18-19)17-10-14-9-13-5-3-6-15(20-2)16(13)21-14/h3-9,12,17H,10-11H2,1-2H3/t12-/m1/s1. The number of methoxy groups -OCH3 is 1. The van der Waals surface area contributed by atoms with Crippen LogP contribution in [0.3, 0.4) is 0 Å². The van der Waals surface area contributed by atoms with E-state index in [4.69, 9.17) is 9.15 Å².